The van der Waals surface area contributed by atoms with Crippen LogP contribution in [0.15, 0.2) is 109 Å². The van der Waals surface area contributed by atoms with E-state index in [1.165, 1.54) is 22.7 Å². The van der Waals surface area contributed by atoms with E-state index in [1.807, 2.05) is 97.1 Å². The van der Waals surface area contributed by atoms with Gasteiger partial charge in [-0.05, 0) is 48.5 Å². The summed E-state index contributed by atoms with van der Waals surface area (Å²) in [5, 5.41) is 20.8. The van der Waals surface area contributed by atoms with Gasteiger partial charge in [0.2, 0.25) is 0 Å². The van der Waals surface area contributed by atoms with E-state index in [0.717, 1.165) is 65.3 Å². The molecule has 7 aromatic rings. The fourth-order valence-corrected chi connectivity index (χ4v) is 5.70. The molecule has 10 heteroatoms. The monoisotopic (exact) mass is 554 g/mol. The van der Waals surface area contributed by atoms with Gasteiger partial charge in [0.15, 0.2) is 10.0 Å². The molecule has 6 heterocycles. The Hall–Kier alpha value is -5.06. The molecule has 0 aliphatic carbocycles. The highest BCUT2D eigenvalue weighted by Gasteiger charge is 2.14. The maximum absolute atomic E-state index is 4.75. The van der Waals surface area contributed by atoms with Crippen molar-refractivity contribution in [3.63, 3.8) is 0 Å². The highest BCUT2D eigenvalue weighted by molar-refractivity contribution is 7.18. The fourth-order valence-electron chi connectivity index (χ4n) is 4.06. The molecule has 0 saturated carbocycles. The van der Waals surface area contributed by atoms with Crippen molar-refractivity contribution in [1.29, 1.82) is 0 Å². The molecule has 0 aliphatic heterocycles. The van der Waals surface area contributed by atoms with Crippen molar-refractivity contribution in [3.05, 3.63) is 109 Å². The summed E-state index contributed by atoms with van der Waals surface area (Å²) in [4.78, 5) is 18.3. The van der Waals surface area contributed by atoms with Crippen LogP contribution in [-0.2, 0) is 0 Å². The molecule has 0 spiro atoms. The van der Waals surface area contributed by atoms with Gasteiger partial charge in [0.05, 0.1) is 22.8 Å². The zero-order valence-corrected chi connectivity index (χ0v) is 22.4. The highest BCUT2D eigenvalue weighted by atomic mass is 32.1. The van der Waals surface area contributed by atoms with Crippen LogP contribution in [0.4, 0.5) is 0 Å². The minimum atomic E-state index is 0.756. The molecule has 0 fully saturated rings. The lowest BCUT2D eigenvalue weighted by molar-refractivity contribution is 1.09. The van der Waals surface area contributed by atoms with Crippen molar-refractivity contribution in [1.82, 2.24) is 40.3 Å². The summed E-state index contributed by atoms with van der Waals surface area (Å²) >= 11 is 3.00. The Balaban J connectivity index is 1.11. The van der Waals surface area contributed by atoms with E-state index in [2.05, 4.69) is 30.4 Å². The average molecular weight is 555 g/mol. The Bertz CT molecular complexity index is 1760. The predicted octanol–water partition coefficient (Wildman–Crippen LogP) is 6.97. The summed E-state index contributed by atoms with van der Waals surface area (Å²) in [6.45, 7) is 0. The van der Waals surface area contributed by atoms with Crippen LogP contribution in [0.1, 0.15) is 0 Å². The number of benzene rings is 1. The molecular weight excluding hydrogens is 537 g/mol. The molecule has 0 bridgehead atoms. The second kappa shape index (κ2) is 10.6. The third-order valence-corrected chi connectivity index (χ3v) is 8.01. The van der Waals surface area contributed by atoms with Crippen molar-refractivity contribution in [3.8, 4) is 65.3 Å². The number of hydrogen-bond donors (Lipinski definition) is 0. The van der Waals surface area contributed by atoms with E-state index in [9.17, 15) is 0 Å². The number of hydrogen-bond acceptors (Lipinski definition) is 10. The highest BCUT2D eigenvalue weighted by Crippen LogP contribution is 2.33. The zero-order valence-electron chi connectivity index (χ0n) is 20.8. The van der Waals surface area contributed by atoms with Gasteiger partial charge in [0.25, 0.3) is 0 Å². The topological polar surface area (TPSA) is 103 Å². The van der Waals surface area contributed by atoms with Crippen LogP contribution in [0.25, 0.3) is 65.3 Å². The molecule has 0 unspecified atom stereocenters. The number of pyridine rings is 4. The summed E-state index contributed by atoms with van der Waals surface area (Å²) in [5.74, 6) is 0. The zero-order chi connectivity index (χ0) is 26.7. The van der Waals surface area contributed by atoms with Gasteiger partial charge in [-0.3, -0.25) is 9.97 Å². The summed E-state index contributed by atoms with van der Waals surface area (Å²) in [5.41, 5.74) is 6.73. The minimum Gasteiger partial charge on any atom is -0.255 e. The SMILES string of the molecule is c1ccc(-c2cccc(-c3nnc(-c4ccc(-c5nnc(-c6cccc(-c7ccccn7)n6)s5)cc4)s3)n2)nc1. The van der Waals surface area contributed by atoms with Crippen molar-refractivity contribution in [2.24, 2.45) is 0 Å². The van der Waals surface area contributed by atoms with E-state index >= 15 is 0 Å². The summed E-state index contributed by atoms with van der Waals surface area (Å²) in [7, 11) is 0. The van der Waals surface area contributed by atoms with Crippen molar-refractivity contribution < 1.29 is 0 Å². The molecule has 190 valence electrons. The maximum atomic E-state index is 4.75. The second-order valence-corrected chi connectivity index (χ2v) is 10.6. The van der Waals surface area contributed by atoms with Crippen molar-refractivity contribution in [2.45, 2.75) is 0 Å². The van der Waals surface area contributed by atoms with Crippen LogP contribution in [0, 0.1) is 0 Å². The number of nitrogens with zero attached hydrogens (tertiary/aromatic N) is 8. The first-order chi connectivity index (χ1) is 19.8. The Morgan fingerprint density at radius 1 is 0.350 bits per heavy atom. The van der Waals surface area contributed by atoms with Gasteiger partial charge in [0, 0.05) is 23.5 Å². The third kappa shape index (κ3) is 4.89. The number of aromatic nitrogens is 8. The Morgan fingerprint density at radius 3 is 1.18 bits per heavy atom. The normalized spacial score (nSPS) is 11.0. The minimum absolute atomic E-state index is 0.756. The van der Waals surface area contributed by atoms with Gasteiger partial charge < -0.3 is 0 Å². The smallest absolute Gasteiger partial charge is 0.166 e. The first-order valence-corrected chi connectivity index (χ1v) is 14.0. The molecule has 0 radical (unpaired) electrons. The van der Waals surface area contributed by atoms with Crippen LogP contribution in [0.3, 0.4) is 0 Å². The molecular formula is C30H18N8S2. The summed E-state index contributed by atoms with van der Waals surface area (Å²) in [6.07, 6.45) is 3.52. The Labute approximate surface area is 237 Å². The molecule has 40 heavy (non-hydrogen) atoms. The predicted molar refractivity (Wildman–Crippen MR) is 157 cm³/mol. The van der Waals surface area contributed by atoms with E-state index in [0.29, 0.717) is 0 Å². The Kier molecular flexibility index (Phi) is 6.36. The van der Waals surface area contributed by atoms with Crippen LogP contribution in [0.2, 0.25) is 0 Å². The first kappa shape index (κ1) is 24.0. The molecule has 0 aliphatic rings. The quantitative estimate of drug-likeness (QED) is 0.217. The van der Waals surface area contributed by atoms with Crippen molar-refractivity contribution >= 4 is 22.7 Å². The lowest BCUT2D eigenvalue weighted by Crippen LogP contribution is -1.89. The Morgan fingerprint density at radius 2 is 0.750 bits per heavy atom. The fraction of sp³-hybridized carbons (Fsp3) is 0. The van der Waals surface area contributed by atoms with E-state index in [1.54, 1.807) is 12.4 Å². The first-order valence-electron chi connectivity index (χ1n) is 12.4. The van der Waals surface area contributed by atoms with Crippen LogP contribution in [0.5, 0.6) is 0 Å². The van der Waals surface area contributed by atoms with Gasteiger partial charge in [-0.25, -0.2) is 9.97 Å². The molecule has 0 saturated heterocycles. The van der Waals surface area contributed by atoms with Gasteiger partial charge in [-0.1, -0.05) is 71.2 Å². The van der Waals surface area contributed by atoms with Gasteiger partial charge in [-0.2, -0.15) is 0 Å². The van der Waals surface area contributed by atoms with E-state index in [4.69, 9.17) is 9.97 Å². The molecule has 0 atom stereocenters. The molecule has 0 amide bonds. The summed E-state index contributed by atoms with van der Waals surface area (Å²) in [6, 6.07) is 31.3. The standard InChI is InChI=1S/C30H18N8S2/c1-3-17-31-21(7-1)23-9-5-11-25(33-23)29-37-35-27(39-29)19-13-15-20(16-14-19)28-36-38-30(40-28)26-12-6-10-24(34-26)22-8-2-4-18-32-22/h1-18H. The summed E-state index contributed by atoms with van der Waals surface area (Å²) < 4.78 is 0. The lowest BCUT2D eigenvalue weighted by atomic mass is 10.1. The van der Waals surface area contributed by atoms with E-state index in [-0.39, 0.29) is 0 Å². The lowest BCUT2D eigenvalue weighted by Gasteiger charge is -2.01. The molecule has 7 rings (SSSR count). The van der Waals surface area contributed by atoms with Gasteiger partial charge >= 0.3 is 0 Å². The largest absolute Gasteiger partial charge is 0.255 e. The molecule has 1 aromatic carbocycles. The second-order valence-electron chi connectivity index (χ2n) is 8.65. The molecule has 8 nitrogen and oxygen atoms in total. The average Bonchev–Trinajstić information content (AvgIpc) is 3.74. The molecule has 0 N–H and O–H groups in total. The third-order valence-electron chi connectivity index (χ3n) is 6.02. The number of rotatable bonds is 6. The van der Waals surface area contributed by atoms with Crippen LogP contribution in [-0.4, -0.2) is 40.3 Å². The maximum Gasteiger partial charge on any atom is 0.166 e. The molecule has 6 aromatic heterocycles. The van der Waals surface area contributed by atoms with Crippen LogP contribution >= 0.6 is 22.7 Å². The van der Waals surface area contributed by atoms with Gasteiger partial charge in [0.1, 0.15) is 21.4 Å². The van der Waals surface area contributed by atoms with Crippen molar-refractivity contribution in [2.75, 3.05) is 0 Å². The van der Waals surface area contributed by atoms with Crippen LogP contribution < -0.4 is 0 Å². The van der Waals surface area contributed by atoms with E-state index < -0.39 is 0 Å². The van der Waals surface area contributed by atoms with Gasteiger partial charge in [-0.15, -0.1) is 20.4 Å².